The molecule has 0 spiro atoms. The third-order valence-corrected chi connectivity index (χ3v) is 3.75. The molecule has 3 rings (SSSR count). The molecule has 0 unspecified atom stereocenters. The average molecular weight is 285 g/mol. The number of aromatic nitrogens is 1. The molecule has 0 aliphatic heterocycles. The van der Waals surface area contributed by atoms with Gasteiger partial charge in [0.2, 0.25) is 0 Å². The molecular formula is C21H19N. The van der Waals surface area contributed by atoms with Gasteiger partial charge in [0.25, 0.3) is 0 Å². The zero-order valence-electron chi connectivity index (χ0n) is 12.8. The lowest BCUT2D eigenvalue weighted by Gasteiger charge is -2.08. The van der Waals surface area contributed by atoms with Crippen LogP contribution in [0.2, 0.25) is 0 Å². The van der Waals surface area contributed by atoms with Crippen LogP contribution in [0.25, 0.3) is 16.8 Å². The van der Waals surface area contributed by atoms with Crippen LogP contribution in [-0.4, -0.2) is 4.98 Å². The number of hydrogen-bond donors (Lipinski definition) is 0. The molecule has 1 heteroatoms. The van der Waals surface area contributed by atoms with E-state index in [0.29, 0.717) is 0 Å². The van der Waals surface area contributed by atoms with Crippen molar-refractivity contribution < 1.29 is 0 Å². The number of hydrogen-bond acceptors (Lipinski definition) is 1. The number of benzene rings is 2. The fraction of sp³-hybridized carbons (Fsp3) is 0.0952. The topological polar surface area (TPSA) is 12.9 Å². The lowest BCUT2D eigenvalue weighted by molar-refractivity contribution is 1.26. The molecule has 0 amide bonds. The van der Waals surface area contributed by atoms with Crippen LogP contribution in [0.4, 0.5) is 0 Å². The molecule has 0 saturated heterocycles. The Bertz CT molecular complexity index is 771. The molecule has 0 atom stereocenters. The number of pyridine rings is 1. The molecule has 108 valence electrons. The van der Waals surface area contributed by atoms with Crippen LogP contribution in [0.1, 0.15) is 16.7 Å². The molecular weight excluding hydrogens is 266 g/mol. The number of allylic oxidation sites excluding steroid dienone is 1. The van der Waals surface area contributed by atoms with E-state index in [4.69, 9.17) is 0 Å². The molecule has 0 bridgehead atoms. The number of rotatable bonds is 4. The van der Waals surface area contributed by atoms with Crippen molar-refractivity contribution >= 4 is 5.57 Å². The fourth-order valence-corrected chi connectivity index (χ4v) is 2.58. The molecule has 0 radical (unpaired) electrons. The van der Waals surface area contributed by atoms with Crippen LogP contribution in [0, 0.1) is 6.92 Å². The smallest absolute Gasteiger partial charge is 0.0701 e. The van der Waals surface area contributed by atoms with Crippen molar-refractivity contribution in [1.82, 2.24) is 4.98 Å². The summed E-state index contributed by atoms with van der Waals surface area (Å²) in [7, 11) is 0. The van der Waals surface area contributed by atoms with Crippen LogP contribution in [0.15, 0.2) is 79.5 Å². The van der Waals surface area contributed by atoms with Gasteiger partial charge in [0.1, 0.15) is 0 Å². The normalized spacial score (nSPS) is 10.4. The third kappa shape index (κ3) is 3.32. The van der Waals surface area contributed by atoms with E-state index >= 15 is 0 Å². The first-order valence-electron chi connectivity index (χ1n) is 7.47. The Labute approximate surface area is 132 Å². The first-order valence-corrected chi connectivity index (χ1v) is 7.47. The molecule has 2 aromatic carbocycles. The summed E-state index contributed by atoms with van der Waals surface area (Å²) < 4.78 is 0. The molecule has 1 heterocycles. The van der Waals surface area contributed by atoms with Crippen LogP contribution in [0.3, 0.4) is 0 Å². The highest BCUT2D eigenvalue weighted by Gasteiger charge is 2.03. The van der Waals surface area contributed by atoms with Gasteiger partial charge in [0.15, 0.2) is 0 Å². The van der Waals surface area contributed by atoms with Crippen molar-refractivity contribution in [2.75, 3.05) is 0 Å². The van der Waals surface area contributed by atoms with Gasteiger partial charge in [-0.25, -0.2) is 0 Å². The second kappa shape index (κ2) is 6.40. The van der Waals surface area contributed by atoms with Crippen molar-refractivity contribution in [2.24, 2.45) is 0 Å². The Morgan fingerprint density at radius 2 is 1.77 bits per heavy atom. The van der Waals surface area contributed by atoms with E-state index in [2.05, 4.69) is 67.0 Å². The van der Waals surface area contributed by atoms with Gasteiger partial charge in [-0.3, -0.25) is 4.98 Å². The van der Waals surface area contributed by atoms with E-state index in [0.717, 1.165) is 23.3 Å². The summed E-state index contributed by atoms with van der Waals surface area (Å²) in [5, 5.41) is 0. The number of aryl methyl sites for hydroxylation is 1. The summed E-state index contributed by atoms with van der Waals surface area (Å²) >= 11 is 0. The first-order chi connectivity index (χ1) is 10.7. The van der Waals surface area contributed by atoms with Gasteiger partial charge in [0, 0.05) is 11.8 Å². The van der Waals surface area contributed by atoms with Crippen molar-refractivity contribution in [3.8, 4) is 11.3 Å². The van der Waals surface area contributed by atoms with E-state index < -0.39 is 0 Å². The van der Waals surface area contributed by atoms with Crippen LogP contribution < -0.4 is 0 Å². The van der Waals surface area contributed by atoms with Crippen molar-refractivity contribution in [3.63, 3.8) is 0 Å². The van der Waals surface area contributed by atoms with Gasteiger partial charge >= 0.3 is 0 Å². The Balaban J connectivity index is 1.76. The maximum atomic E-state index is 4.38. The second-order valence-corrected chi connectivity index (χ2v) is 5.56. The minimum absolute atomic E-state index is 0.880. The van der Waals surface area contributed by atoms with Crippen LogP contribution in [-0.2, 0) is 6.42 Å². The second-order valence-electron chi connectivity index (χ2n) is 5.56. The first kappa shape index (κ1) is 14.3. The highest BCUT2D eigenvalue weighted by atomic mass is 14.7. The molecule has 3 aromatic rings. The maximum Gasteiger partial charge on any atom is 0.0701 e. The minimum atomic E-state index is 0.880. The summed E-state index contributed by atoms with van der Waals surface area (Å²) in [5.41, 5.74) is 7.04. The summed E-state index contributed by atoms with van der Waals surface area (Å²) in [6.45, 7) is 6.36. The predicted molar refractivity (Wildman–Crippen MR) is 93.6 cm³/mol. The quantitative estimate of drug-likeness (QED) is 0.632. The largest absolute Gasteiger partial charge is 0.256 e. The van der Waals surface area contributed by atoms with Gasteiger partial charge in [-0.1, -0.05) is 66.7 Å². The van der Waals surface area contributed by atoms with E-state index in [1.54, 1.807) is 0 Å². The van der Waals surface area contributed by atoms with Gasteiger partial charge < -0.3 is 0 Å². The molecule has 22 heavy (non-hydrogen) atoms. The Hall–Kier alpha value is -2.67. The molecule has 1 nitrogen and oxygen atoms in total. The molecule has 0 aliphatic carbocycles. The van der Waals surface area contributed by atoms with E-state index in [-0.39, 0.29) is 0 Å². The Morgan fingerprint density at radius 3 is 2.45 bits per heavy atom. The highest BCUT2D eigenvalue weighted by Crippen LogP contribution is 2.22. The van der Waals surface area contributed by atoms with Crippen molar-refractivity contribution in [3.05, 3.63) is 96.2 Å². The van der Waals surface area contributed by atoms with Crippen LogP contribution in [0.5, 0.6) is 0 Å². The standard InChI is InChI=1S/C21H19N/c1-16-6-5-7-18(14-16)15-17(2)19-9-11-20(12-10-19)21-8-3-4-13-22-21/h3-14H,2,15H2,1H3. The summed E-state index contributed by atoms with van der Waals surface area (Å²) in [5.74, 6) is 0. The van der Waals surface area contributed by atoms with Gasteiger partial charge in [-0.05, 0) is 42.2 Å². The van der Waals surface area contributed by atoms with Gasteiger partial charge in [-0.2, -0.15) is 0 Å². The summed E-state index contributed by atoms with van der Waals surface area (Å²) in [4.78, 5) is 4.38. The zero-order chi connectivity index (χ0) is 15.4. The monoisotopic (exact) mass is 285 g/mol. The predicted octanol–water partition coefficient (Wildman–Crippen LogP) is 5.31. The van der Waals surface area contributed by atoms with Crippen molar-refractivity contribution in [1.29, 1.82) is 0 Å². The molecule has 0 fully saturated rings. The molecule has 0 aliphatic rings. The average Bonchev–Trinajstić information content (AvgIpc) is 2.56. The fourth-order valence-electron chi connectivity index (χ4n) is 2.58. The SMILES string of the molecule is C=C(Cc1cccc(C)c1)c1ccc(-c2ccccn2)cc1. The summed E-state index contributed by atoms with van der Waals surface area (Å²) in [6.07, 6.45) is 2.70. The molecule has 0 saturated carbocycles. The minimum Gasteiger partial charge on any atom is -0.256 e. The number of nitrogens with zero attached hydrogens (tertiary/aromatic N) is 1. The van der Waals surface area contributed by atoms with E-state index in [1.165, 1.54) is 16.7 Å². The Morgan fingerprint density at radius 1 is 0.955 bits per heavy atom. The van der Waals surface area contributed by atoms with E-state index in [1.807, 2.05) is 24.4 Å². The van der Waals surface area contributed by atoms with Crippen molar-refractivity contribution in [2.45, 2.75) is 13.3 Å². The highest BCUT2D eigenvalue weighted by molar-refractivity contribution is 5.69. The van der Waals surface area contributed by atoms with Gasteiger partial charge in [0.05, 0.1) is 5.69 Å². The summed E-state index contributed by atoms with van der Waals surface area (Å²) in [6, 6.07) is 23.0. The lowest BCUT2D eigenvalue weighted by atomic mass is 9.97. The Kier molecular flexibility index (Phi) is 4.15. The van der Waals surface area contributed by atoms with Crippen LogP contribution >= 0.6 is 0 Å². The molecule has 1 aromatic heterocycles. The van der Waals surface area contributed by atoms with Gasteiger partial charge in [-0.15, -0.1) is 0 Å². The molecule has 0 N–H and O–H groups in total. The van der Waals surface area contributed by atoms with E-state index in [9.17, 15) is 0 Å². The zero-order valence-corrected chi connectivity index (χ0v) is 12.8. The third-order valence-electron chi connectivity index (χ3n) is 3.75. The lowest BCUT2D eigenvalue weighted by Crippen LogP contribution is -1.91. The maximum absolute atomic E-state index is 4.38.